The molecule has 1 rings (SSSR count). The van der Waals surface area contributed by atoms with E-state index in [1.165, 1.54) is 6.92 Å². The number of carbonyl (C=O) groups is 3. The standard InChI is InChI=1S/C18H28O5/c1-11(2)17(21)22-15-9-12(3)7-8-14(15)18(5,6)23-16(20)10-13(4)19/h12,14-15H,1,7-10H2,2-6H3. The molecule has 0 bridgehead atoms. The molecule has 1 saturated carbocycles. The van der Waals surface area contributed by atoms with Crippen molar-refractivity contribution in [3.05, 3.63) is 12.2 Å². The lowest BCUT2D eigenvalue weighted by molar-refractivity contribution is -0.176. The van der Waals surface area contributed by atoms with Crippen LogP contribution in [0.3, 0.4) is 0 Å². The number of ketones is 1. The first-order valence-corrected chi connectivity index (χ1v) is 8.10. The van der Waals surface area contributed by atoms with Crippen molar-refractivity contribution in [3.63, 3.8) is 0 Å². The van der Waals surface area contributed by atoms with Crippen LogP contribution >= 0.6 is 0 Å². The van der Waals surface area contributed by atoms with Gasteiger partial charge in [-0.1, -0.05) is 19.9 Å². The van der Waals surface area contributed by atoms with Gasteiger partial charge >= 0.3 is 11.9 Å². The van der Waals surface area contributed by atoms with Crippen LogP contribution in [0, 0.1) is 11.8 Å². The Hall–Kier alpha value is -1.65. The number of hydrogen-bond acceptors (Lipinski definition) is 5. The fraction of sp³-hybridized carbons (Fsp3) is 0.722. The van der Waals surface area contributed by atoms with E-state index in [0.717, 1.165) is 19.3 Å². The van der Waals surface area contributed by atoms with Gasteiger partial charge in [0.1, 0.15) is 23.9 Å². The van der Waals surface area contributed by atoms with Crippen molar-refractivity contribution >= 4 is 17.7 Å². The van der Waals surface area contributed by atoms with E-state index in [1.54, 1.807) is 6.92 Å². The highest BCUT2D eigenvalue weighted by Crippen LogP contribution is 2.39. The number of Topliss-reactive ketones (excluding diaryl/α,β-unsaturated/α-hetero) is 1. The average Bonchev–Trinajstić information content (AvgIpc) is 2.36. The van der Waals surface area contributed by atoms with E-state index in [0.29, 0.717) is 11.5 Å². The molecular weight excluding hydrogens is 296 g/mol. The number of rotatable bonds is 6. The smallest absolute Gasteiger partial charge is 0.333 e. The topological polar surface area (TPSA) is 69.7 Å². The second-order valence-corrected chi connectivity index (χ2v) is 7.21. The predicted octanol–water partition coefficient (Wildman–Crippen LogP) is 3.21. The summed E-state index contributed by atoms with van der Waals surface area (Å²) >= 11 is 0. The van der Waals surface area contributed by atoms with Crippen LogP contribution in [0.5, 0.6) is 0 Å². The molecule has 0 N–H and O–H groups in total. The molecule has 0 heterocycles. The van der Waals surface area contributed by atoms with Gasteiger partial charge in [-0.2, -0.15) is 0 Å². The molecule has 0 amide bonds. The second-order valence-electron chi connectivity index (χ2n) is 7.21. The highest BCUT2D eigenvalue weighted by atomic mass is 16.6. The fourth-order valence-corrected chi connectivity index (χ4v) is 3.10. The van der Waals surface area contributed by atoms with Crippen molar-refractivity contribution in [3.8, 4) is 0 Å². The maximum absolute atomic E-state index is 11.9. The van der Waals surface area contributed by atoms with Gasteiger partial charge in [-0.25, -0.2) is 4.79 Å². The average molecular weight is 324 g/mol. The van der Waals surface area contributed by atoms with Crippen LogP contribution in [-0.2, 0) is 23.9 Å². The number of ether oxygens (including phenoxy) is 2. The fourth-order valence-electron chi connectivity index (χ4n) is 3.10. The Morgan fingerprint density at radius 1 is 1.17 bits per heavy atom. The summed E-state index contributed by atoms with van der Waals surface area (Å²) in [6.07, 6.45) is 1.97. The van der Waals surface area contributed by atoms with Crippen LogP contribution in [-0.4, -0.2) is 29.4 Å². The van der Waals surface area contributed by atoms with Crippen molar-refractivity contribution in [1.29, 1.82) is 0 Å². The lowest BCUT2D eigenvalue weighted by Gasteiger charge is -2.42. The van der Waals surface area contributed by atoms with E-state index in [1.807, 2.05) is 13.8 Å². The van der Waals surface area contributed by atoms with Gasteiger partial charge in [0, 0.05) is 11.5 Å². The first-order valence-electron chi connectivity index (χ1n) is 8.10. The molecule has 1 aliphatic carbocycles. The van der Waals surface area contributed by atoms with Gasteiger partial charge in [0.05, 0.1) is 0 Å². The summed E-state index contributed by atoms with van der Waals surface area (Å²) < 4.78 is 11.1. The molecular formula is C18H28O5. The molecule has 1 aliphatic rings. The van der Waals surface area contributed by atoms with Crippen LogP contribution in [0.2, 0.25) is 0 Å². The summed E-state index contributed by atoms with van der Waals surface area (Å²) in [5.41, 5.74) is -0.444. The van der Waals surface area contributed by atoms with E-state index < -0.39 is 17.5 Å². The zero-order valence-electron chi connectivity index (χ0n) is 14.8. The van der Waals surface area contributed by atoms with Gasteiger partial charge in [0.2, 0.25) is 0 Å². The maximum atomic E-state index is 11.9. The molecule has 3 atom stereocenters. The zero-order valence-corrected chi connectivity index (χ0v) is 14.8. The van der Waals surface area contributed by atoms with E-state index in [-0.39, 0.29) is 24.2 Å². The second kappa shape index (κ2) is 7.75. The van der Waals surface area contributed by atoms with Gasteiger partial charge in [-0.05, 0) is 46.5 Å². The summed E-state index contributed by atoms with van der Waals surface area (Å²) in [5, 5.41) is 0. The third kappa shape index (κ3) is 5.81. The molecule has 0 aromatic rings. The van der Waals surface area contributed by atoms with Crippen LogP contribution < -0.4 is 0 Å². The Morgan fingerprint density at radius 2 is 1.78 bits per heavy atom. The van der Waals surface area contributed by atoms with E-state index in [4.69, 9.17) is 9.47 Å². The molecule has 0 spiro atoms. The van der Waals surface area contributed by atoms with Gasteiger partial charge in [-0.15, -0.1) is 0 Å². The van der Waals surface area contributed by atoms with E-state index in [2.05, 4.69) is 13.5 Å². The molecule has 0 aliphatic heterocycles. The van der Waals surface area contributed by atoms with Crippen molar-refractivity contribution in [2.24, 2.45) is 11.8 Å². The molecule has 0 saturated heterocycles. The van der Waals surface area contributed by atoms with E-state index >= 15 is 0 Å². The summed E-state index contributed by atoms with van der Waals surface area (Å²) in [7, 11) is 0. The Bertz CT molecular complexity index is 492. The number of carbonyl (C=O) groups excluding carboxylic acids is 3. The molecule has 1 fully saturated rings. The predicted molar refractivity (Wildman–Crippen MR) is 86.7 cm³/mol. The Kier molecular flexibility index (Phi) is 6.54. The lowest BCUT2D eigenvalue weighted by Crippen LogP contribution is -2.47. The molecule has 0 aromatic heterocycles. The van der Waals surface area contributed by atoms with Gasteiger partial charge in [-0.3, -0.25) is 9.59 Å². The van der Waals surface area contributed by atoms with E-state index in [9.17, 15) is 14.4 Å². The Morgan fingerprint density at radius 3 is 2.30 bits per heavy atom. The molecule has 0 radical (unpaired) electrons. The summed E-state index contributed by atoms with van der Waals surface area (Å²) in [6.45, 7) is 12.3. The lowest BCUT2D eigenvalue weighted by atomic mass is 9.73. The Labute approximate surface area is 138 Å². The third-order valence-electron chi connectivity index (χ3n) is 4.32. The van der Waals surface area contributed by atoms with Crippen LogP contribution in [0.15, 0.2) is 12.2 Å². The van der Waals surface area contributed by atoms with Gasteiger partial charge < -0.3 is 9.47 Å². The molecule has 5 nitrogen and oxygen atoms in total. The highest BCUT2D eigenvalue weighted by Gasteiger charge is 2.43. The largest absolute Gasteiger partial charge is 0.459 e. The van der Waals surface area contributed by atoms with Crippen LogP contribution in [0.25, 0.3) is 0 Å². The zero-order chi connectivity index (χ0) is 17.8. The first kappa shape index (κ1) is 19.4. The Balaban J connectivity index is 2.85. The van der Waals surface area contributed by atoms with Gasteiger partial charge in [0.15, 0.2) is 0 Å². The summed E-state index contributed by atoms with van der Waals surface area (Å²) in [4.78, 5) is 34.8. The highest BCUT2D eigenvalue weighted by molar-refractivity contribution is 5.94. The SMILES string of the molecule is C=C(C)C(=O)OC1CC(C)CCC1C(C)(C)OC(=O)CC(C)=O. The van der Waals surface area contributed by atoms with Gasteiger partial charge in [0.25, 0.3) is 0 Å². The molecule has 130 valence electrons. The monoisotopic (exact) mass is 324 g/mol. The summed E-state index contributed by atoms with van der Waals surface area (Å²) in [5.74, 6) is -0.838. The van der Waals surface area contributed by atoms with Crippen molar-refractivity contribution in [2.75, 3.05) is 0 Å². The third-order valence-corrected chi connectivity index (χ3v) is 4.32. The summed E-state index contributed by atoms with van der Waals surface area (Å²) in [6, 6.07) is 0. The maximum Gasteiger partial charge on any atom is 0.333 e. The molecule has 5 heteroatoms. The minimum absolute atomic E-state index is 0.0992. The molecule has 0 aromatic carbocycles. The minimum atomic E-state index is -0.799. The quantitative estimate of drug-likeness (QED) is 0.426. The first-order chi connectivity index (χ1) is 10.5. The number of hydrogen-bond donors (Lipinski definition) is 0. The van der Waals surface area contributed by atoms with Crippen LogP contribution in [0.1, 0.15) is 60.3 Å². The van der Waals surface area contributed by atoms with Crippen LogP contribution in [0.4, 0.5) is 0 Å². The van der Waals surface area contributed by atoms with Crippen molar-refractivity contribution < 1.29 is 23.9 Å². The molecule has 23 heavy (non-hydrogen) atoms. The number of esters is 2. The van der Waals surface area contributed by atoms with Crippen molar-refractivity contribution in [2.45, 2.75) is 72.0 Å². The molecule has 3 unspecified atom stereocenters. The van der Waals surface area contributed by atoms with Crippen molar-refractivity contribution in [1.82, 2.24) is 0 Å². The minimum Gasteiger partial charge on any atom is -0.459 e. The normalized spacial score (nSPS) is 24.7.